The largest absolute Gasteiger partial charge is 0.756 e. The number of likely N-dealkylation sites (N-methyl/N-ethyl adjacent to an activating group) is 1. The number of hydrogen-bond donors (Lipinski definition) is 1. The monoisotopic (exact) mass is 941 g/mol. The molecule has 0 spiro atoms. The van der Waals surface area contributed by atoms with Crippen molar-refractivity contribution in [3.8, 4) is 0 Å². The molecule has 65 heavy (non-hydrogen) atoms. The lowest BCUT2D eigenvalue weighted by Gasteiger charge is -2.30. The molecule has 0 saturated heterocycles. The van der Waals surface area contributed by atoms with Gasteiger partial charge in [-0.3, -0.25) is 14.2 Å². The molecule has 0 aromatic carbocycles. The molecular formula is C55H109N2O7P. The van der Waals surface area contributed by atoms with E-state index in [1.807, 2.05) is 33.3 Å². The molecule has 0 aliphatic rings. The topological polar surface area (TPSA) is 114 Å². The van der Waals surface area contributed by atoms with E-state index in [1.54, 1.807) is 0 Å². The Morgan fingerprint density at radius 3 is 1.26 bits per heavy atom. The van der Waals surface area contributed by atoms with Crippen LogP contribution in [0.15, 0.2) is 12.2 Å². The number of carbonyl (C=O) groups excluding carboxylic acids is 2. The van der Waals surface area contributed by atoms with Crippen molar-refractivity contribution in [1.29, 1.82) is 0 Å². The molecule has 1 N–H and O–H groups in total. The van der Waals surface area contributed by atoms with Gasteiger partial charge in [-0.15, -0.1) is 0 Å². The van der Waals surface area contributed by atoms with Crippen molar-refractivity contribution in [3.63, 3.8) is 0 Å². The van der Waals surface area contributed by atoms with Crippen LogP contribution in [-0.4, -0.2) is 69.4 Å². The second kappa shape index (κ2) is 46.5. The maximum atomic E-state index is 13.4. The average Bonchev–Trinajstić information content (AvgIpc) is 3.26. The van der Waals surface area contributed by atoms with Gasteiger partial charge in [0.25, 0.3) is 7.82 Å². The predicted molar refractivity (Wildman–Crippen MR) is 275 cm³/mol. The fraction of sp³-hybridized carbons (Fsp3) is 0.927. The second-order valence-corrected chi connectivity index (χ2v) is 21.9. The van der Waals surface area contributed by atoms with Crippen LogP contribution in [0.2, 0.25) is 0 Å². The molecule has 9 nitrogen and oxygen atoms in total. The Balaban J connectivity index is 5.31. The first-order valence-corrected chi connectivity index (χ1v) is 29.5. The lowest BCUT2D eigenvalue weighted by molar-refractivity contribution is -0.870. The number of amides is 1. The van der Waals surface area contributed by atoms with Crippen LogP contribution in [0, 0.1) is 0 Å². The molecule has 1 amide bonds. The molecule has 0 aliphatic carbocycles. The molecule has 3 atom stereocenters. The molecule has 0 heterocycles. The van der Waals surface area contributed by atoms with Gasteiger partial charge in [-0.05, 0) is 31.8 Å². The number of allylic oxidation sites excluding steroid dienone is 1. The Labute approximate surface area is 403 Å². The average molecular weight is 941 g/mol. The van der Waals surface area contributed by atoms with E-state index >= 15 is 0 Å². The van der Waals surface area contributed by atoms with E-state index in [9.17, 15) is 19.0 Å². The second-order valence-electron chi connectivity index (χ2n) is 20.5. The van der Waals surface area contributed by atoms with Crippen LogP contribution in [0.25, 0.3) is 0 Å². The number of rotatable bonds is 51. The zero-order chi connectivity index (χ0) is 48.0. The molecule has 0 fully saturated rings. The van der Waals surface area contributed by atoms with E-state index in [0.29, 0.717) is 17.4 Å². The van der Waals surface area contributed by atoms with Gasteiger partial charge in [-0.1, -0.05) is 245 Å². The smallest absolute Gasteiger partial charge is 0.306 e. The zero-order valence-corrected chi connectivity index (χ0v) is 44.9. The van der Waals surface area contributed by atoms with E-state index in [1.165, 1.54) is 186 Å². The molecule has 0 radical (unpaired) electrons. The lowest BCUT2D eigenvalue weighted by atomic mass is 10.0. The highest BCUT2D eigenvalue weighted by Crippen LogP contribution is 2.38. The summed E-state index contributed by atoms with van der Waals surface area (Å²) in [5.74, 6) is -0.526. The minimum atomic E-state index is -4.68. The Morgan fingerprint density at radius 1 is 0.523 bits per heavy atom. The minimum Gasteiger partial charge on any atom is -0.756 e. The van der Waals surface area contributed by atoms with Gasteiger partial charge < -0.3 is 28.5 Å². The van der Waals surface area contributed by atoms with Gasteiger partial charge in [0.2, 0.25) is 5.91 Å². The number of phosphoric acid groups is 1. The minimum absolute atomic E-state index is 0.0172. The molecule has 0 aliphatic heterocycles. The number of nitrogens with one attached hydrogen (secondary N) is 1. The highest BCUT2D eigenvalue weighted by Gasteiger charge is 2.27. The maximum Gasteiger partial charge on any atom is 0.306 e. The third-order valence-electron chi connectivity index (χ3n) is 12.7. The SMILES string of the molecule is CCCCCCCCCCC/C=C/C(OC(=O)CCCCCCCCCCCCCCC)C(COP(=O)([O-])OCC[N+](C)(C)C)NC(=O)CCCCCCCCCCCCCCCCC. The van der Waals surface area contributed by atoms with Gasteiger partial charge in [-0.25, -0.2) is 0 Å². The van der Waals surface area contributed by atoms with E-state index in [0.717, 1.165) is 57.8 Å². The van der Waals surface area contributed by atoms with Gasteiger partial charge in [0.1, 0.15) is 19.3 Å². The molecule has 0 saturated carbocycles. The molecule has 0 bridgehead atoms. The summed E-state index contributed by atoms with van der Waals surface area (Å²) >= 11 is 0. The highest BCUT2D eigenvalue weighted by molar-refractivity contribution is 7.45. The van der Waals surface area contributed by atoms with Crippen molar-refractivity contribution in [1.82, 2.24) is 5.32 Å². The third-order valence-corrected chi connectivity index (χ3v) is 13.7. The first-order valence-electron chi connectivity index (χ1n) is 28.0. The normalized spacial score (nSPS) is 13.9. The van der Waals surface area contributed by atoms with Gasteiger partial charge in [-0.2, -0.15) is 0 Å². The molecule has 0 aromatic rings. The third kappa shape index (κ3) is 47.6. The molecule has 386 valence electrons. The first-order chi connectivity index (χ1) is 31.4. The van der Waals surface area contributed by atoms with Gasteiger partial charge in [0, 0.05) is 12.8 Å². The summed E-state index contributed by atoms with van der Waals surface area (Å²) in [5, 5.41) is 3.02. The van der Waals surface area contributed by atoms with Crippen LogP contribution < -0.4 is 10.2 Å². The Hall–Kier alpha value is -1.25. The summed E-state index contributed by atoms with van der Waals surface area (Å²) in [4.78, 5) is 39.7. The standard InChI is InChI=1S/C55H109N2O7P/c1-7-10-13-16-19-22-25-27-28-30-32-35-38-41-44-47-54(58)56-52(51-63-65(60,61)62-50-49-57(4,5)6)53(46-43-40-37-34-31-24-21-18-15-12-9-3)64-55(59)48-45-42-39-36-33-29-26-23-20-17-14-11-8-2/h43,46,52-53H,7-42,44-45,47-51H2,1-6H3,(H-,56,58,60,61)/b46-43+. The Bertz CT molecular complexity index is 1130. The summed E-state index contributed by atoms with van der Waals surface area (Å²) in [6.45, 7) is 6.86. The molecule has 3 unspecified atom stereocenters. The lowest BCUT2D eigenvalue weighted by Crippen LogP contribution is -2.47. The number of ether oxygens (including phenoxy) is 1. The molecule has 10 heteroatoms. The van der Waals surface area contributed by atoms with Gasteiger partial charge in [0.15, 0.2) is 0 Å². The van der Waals surface area contributed by atoms with Crippen molar-refractivity contribution in [2.24, 2.45) is 0 Å². The van der Waals surface area contributed by atoms with E-state index in [-0.39, 0.29) is 31.5 Å². The Morgan fingerprint density at radius 2 is 0.877 bits per heavy atom. The number of carbonyl (C=O) groups is 2. The summed E-state index contributed by atoms with van der Waals surface area (Å²) in [6, 6.07) is -0.877. The number of quaternary nitrogens is 1. The first kappa shape index (κ1) is 63.8. The summed E-state index contributed by atoms with van der Waals surface area (Å²) in [5.41, 5.74) is 0. The molecular weight excluding hydrogens is 832 g/mol. The fourth-order valence-electron chi connectivity index (χ4n) is 8.35. The van der Waals surface area contributed by atoms with Crippen LogP contribution in [0.4, 0.5) is 0 Å². The predicted octanol–water partition coefficient (Wildman–Crippen LogP) is 15.8. The van der Waals surface area contributed by atoms with Gasteiger partial charge in [0.05, 0.1) is 33.8 Å². The van der Waals surface area contributed by atoms with Gasteiger partial charge >= 0.3 is 5.97 Å². The van der Waals surface area contributed by atoms with Crippen LogP contribution in [0.5, 0.6) is 0 Å². The van der Waals surface area contributed by atoms with Crippen molar-refractivity contribution in [3.05, 3.63) is 12.2 Å². The Kier molecular flexibility index (Phi) is 45.6. The number of phosphoric ester groups is 1. The highest BCUT2D eigenvalue weighted by atomic mass is 31.2. The fourth-order valence-corrected chi connectivity index (χ4v) is 9.07. The van der Waals surface area contributed by atoms with Crippen molar-refractivity contribution < 1.29 is 37.3 Å². The van der Waals surface area contributed by atoms with Crippen molar-refractivity contribution in [2.45, 2.75) is 290 Å². The maximum absolute atomic E-state index is 13.4. The summed E-state index contributed by atoms with van der Waals surface area (Å²) < 4.78 is 30.2. The quantitative estimate of drug-likeness (QED) is 0.0212. The van der Waals surface area contributed by atoms with Crippen LogP contribution in [0.1, 0.15) is 278 Å². The number of hydrogen-bond acceptors (Lipinski definition) is 7. The summed E-state index contributed by atoms with van der Waals surface area (Å²) in [7, 11) is 1.20. The van der Waals surface area contributed by atoms with E-state index in [4.69, 9.17) is 13.8 Å². The summed E-state index contributed by atoms with van der Waals surface area (Å²) in [6.07, 6.45) is 50.2. The zero-order valence-electron chi connectivity index (χ0n) is 44.0. The molecule has 0 aromatic heterocycles. The number of unbranched alkanes of at least 4 members (excludes halogenated alkanes) is 35. The molecule has 0 rings (SSSR count). The van der Waals surface area contributed by atoms with Crippen LogP contribution in [0.3, 0.4) is 0 Å². The van der Waals surface area contributed by atoms with Crippen molar-refractivity contribution >= 4 is 19.7 Å². The van der Waals surface area contributed by atoms with E-state index in [2.05, 4.69) is 26.1 Å². The number of nitrogens with zero attached hydrogens (tertiary/aromatic N) is 1. The van der Waals surface area contributed by atoms with Crippen molar-refractivity contribution in [2.75, 3.05) is 40.9 Å². The van der Waals surface area contributed by atoms with E-state index < -0.39 is 20.0 Å². The number of esters is 1. The van der Waals surface area contributed by atoms with Crippen LogP contribution in [-0.2, 0) is 27.9 Å². The van der Waals surface area contributed by atoms with Crippen LogP contribution >= 0.6 is 7.82 Å².